The maximum Gasteiger partial charge on any atom is 0.490 e. The first kappa shape index (κ1) is 9.51. The van der Waals surface area contributed by atoms with Crippen LogP contribution in [0, 0.1) is 12.7 Å². The normalized spacial score (nSPS) is 10.1. The molecule has 0 fully saturated rings. The number of aryl methyl sites for hydroxylation is 1. The molecule has 0 radical (unpaired) electrons. The van der Waals surface area contributed by atoms with Crippen LogP contribution in [-0.4, -0.2) is 17.2 Å². The van der Waals surface area contributed by atoms with Crippen LogP contribution in [0.25, 0.3) is 0 Å². The summed E-state index contributed by atoms with van der Waals surface area (Å²) in [5.74, 6) is -0.639. The minimum atomic E-state index is -1.73. The standard InChI is InChI=1S/C7H7BClFO2/c1-4-2-5(8(11)12)7(9)6(10)3-4/h2-3,11-12H,1H3. The van der Waals surface area contributed by atoms with E-state index in [0.29, 0.717) is 5.56 Å². The van der Waals surface area contributed by atoms with Crippen LogP contribution in [0.3, 0.4) is 0 Å². The molecule has 2 N–H and O–H groups in total. The highest BCUT2D eigenvalue weighted by Crippen LogP contribution is 2.13. The van der Waals surface area contributed by atoms with Crippen molar-refractivity contribution in [2.75, 3.05) is 0 Å². The second-order valence-electron chi connectivity index (χ2n) is 2.52. The largest absolute Gasteiger partial charge is 0.490 e. The molecule has 0 saturated carbocycles. The highest BCUT2D eigenvalue weighted by Gasteiger charge is 2.18. The first-order chi connectivity index (χ1) is 5.52. The van der Waals surface area contributed by atoms with Gasteiger partial charge >= 0.3 is 7.12 Å². The summed E-state index contributed by atoms with van der Waals surface area (Å²) >= 11 is 5.47. The Labute approximate surface area is 74.7 Å². The van der Waals surface area contributed by atoms with E-state index in [1.54, 1.807) is 6.92 Å². The van der Waals surface area contributed by atoms with Gasteiger partial charge in [0.05, 0.1) is 5.02 Å². The van der Waals surface area contributed by atoms with Crippen molar-refractivity contribution in [2.24, 2.45) is 0 Å². The summed E-state index contributed by atoms with van der Waals surface area (Å²) in [6.45, 7) is 1.64. The fourth-order valence-corrected chi connectivity index (χ4v) is 1.15. The van der Waals surface area contributed by atoms with E-state index in [2.05, 4.69) is 0 Å². The van der Waals surface area contributed by atoms with E-state index in [1.807, 2.05) is 0 Å². The Morgan fingerprint density at radius 2 is 2.00 bits per heavy atom. The third-order valence-electron chi connectivity index (χ3n) is 1.48. The van der Waals surface area contributed by atoms with E-state index >= 15 is 0 Å². The predicted molar refractivity (Wildman–Crippen MR) is 46.0 cm³/mol. The molecule has 2 nitrogen and oxygen atoms in total. The minimum Gasteiger partial charge on any atom is -0.423 e. The lowest BCUT2D eigenvalue weighted by Crippen LogP contribution is -2.31. The Hall–Kier alpha value is -0.575. The van der Waals surface area contributed by atoms with E-state index in [9.17, 15) is 4.39 Å². The molecule has 5 heteroatoms. The predicted octanol–water partition coefficient (Wildman–Crippen LogP) is 0.467. The third kappa shape index (κ3) is 1.77. The molecule has 1 aromatic rings. The first-order valence-corrected chi connectivity index (χ1v) is 3.72. The summed E-state index contributed by atoms with van der Waals surface area (Å²) in [7, 11) is -1.73. The summed E-state index contributed by atoms with van der Waals surface area (Å²) < 4.78 is 12.8. The Morgan fingerprint density at radius 1 is 1.42 bits per heavy atom. The van der Waals surface area contributed by atoms with Gasteiger partial charge in [0, 0.05) is 5.46 Å². The van der Waals surface area contributed by atoms with Crippen molar-refractivity contribution < 1.29 is 14.4 Å². The number of halogens is 2. The van der Waals surface area contributed by atoms with Gasteiger partial charge in [-0.15, -0.1) is 0 Å². The van der Waals surface area contributed by atoms with Crippen LogP contribution in [0.4, 0.5) is 4.39 Å². The lowest BCUT2D eigenvalue weighted by atomic mass is 9.79. The number of hydrogen-bond donors (Lipinski definition) is 2. The van der Waals surface area contributed by atoms with E-state index in [4.69, 9.17) is 21.6 Å². The van der Waals surface area contributed by atoms with Gasteiger partial charge in [-0.1, -0.05) is 17.7 Å². The Bertz CT molecular complexity index is 304. The van der Waals surface area contributed by atoms with Gasteiger partial charge in [0.25, 0.3) is 0 Å². The maximum absolute atomic E-state index is 12.8. The summed E-state index contributed by atoms with van der Waals surface area (Å²) in [5, 5.41) is 17.3. The third-order valence-corrected chi connectivity index (χ3v) is 1.88. The zero-order valence-electron chi connectivity index (χ0n) is 6.38. The molecule has 0 aromatic heterocycles. The van der Waals surface area contributed by atoms with Crippen LogP contribution in [0.5, 0.6) is 0 Å². The molecule has 12 heavy (non-hydrogen) atoms. The molecule has 0 bridgehead atoms. The number of hydrogen-bond acceptors (Lipinski definition) is 2. The van der Waals surface area contributed by atoms with Crippen LogP contribution in [0.1, 0.15) is 5.56 Å². The molecule has 1 rings (SSSR count). The average Bonchev–Trinajstić information content (AvgIpc) is 1.96. The molecular formula is C7H7BClFO2. The molecule has 0 aliphatic carbocycles. The zero-order valence-corrected chi connectivity index (χ0v) is 7.14. The highest BCUT2D eigenvalue weighted by molar-refractivity contribution is 6.62. The van der Waals surface area contributed by atoms with E-state index < -0.39 is 12.9 Å². The van der Waals surface area contributed by atoms with Crippen molar-refractivity contribution in [1.82, 2.24) is 0 Å². The SMILES string of the molecule is Cc1cc(F)c(Cl)c(B(O)O)c1. The van der Waals surface area contributed by atoms with Crippen molar-refractivity contribution >= 4 is 24.2 Å². The van der Waals surface area contributed by atoms with Crippen LogP contribution in [0.2, 0.25) is 5.02 Å². The number of benzene rings is 1. The molecular weight excluding hydrogens is 181 g/mol. The van der Waals surface area contributed by atoms with Gasteiger partial charge < -0.3 is 10.0 Å². The molecule has 0 atom stereocenters. The summed E-state index contributed by atoms with van der Waals surface area (Å²) in [6.07, 6.45) is 0. The Morgan fingerprint density at radius 3 is 2.50 bits per heavy atom. The molecule has 1 aromatic carbocycles. The quantitative estimate of drug-likeness (QED) is 0.629. The minimum absolute atomic E-state index is 0.00540. The Kier molecular flexibility index (Phi) is 2.72. The highest BCUT2D eigenvalue weighted by atomic mass is 35.5. The molecule has 0 saturated heterocycles. The van der Waals surface area contributed by atoms with Crippen molar-refractivity contribution in [3.63, 3.8) is 0 Å². The number of rotatable bonds is 1. The fraction of sp³-hybridized carbons (Fsp3) is 0.143. The van der Waals surface area contributed by atoms with E-state index in [0.717, 1.165) is 0 Å². The lowest BCUT2D eigenvalue weighted by molar-refractivity contribution is 0.425. The van der Waals surface area contributed by atoms with Gasteiger partial charge in [-0.3, -0.25) is 0 Å². The van der Waals surface area contributed by atoms with Gasteiger partial charge in [-0.2, -0.15) is 0 Å². The van der Waals surface area contributed by atoms with Crippen LogP contribution in [-0.2, 0) is 0 Å². The molecule has 0 amide bonds. The van der Waals surface area contributed by atoms with Crippen molar-refractivity contribution in [1.29, 1.82) is 0 Å². The topological polar surface area (TPSA) is 40.5 Å². The van der Waals surface area contributed by atoms with Crippen LogP contribution >= 0.6 is 11.6 Å². The van der Waals surface area contributed by atoms with Gasteiger partial charge in [-0.25, -0.2) is 4.39 Å². The molecule has 0 spiro atoms. The second-order valence-corrected chi connectivity index (χ2v) is 2.90. The van der Waals surface area contributed by atoms with Crippen LogP contribution in [0.15, 0.2) is 12.1 Å². The van der Waals surface area contributed by atoms with Crippen molar-refractivity contribution in [2.45, 2.75) is 6.92 Å². The van der Waals surface area contributed by atoms with Gasteiger partial charge in [0.15, 0.2) is 0 Å². The van der Waals surface area contributed by atoms with Gasteiger partial charge in [0.1, 0.15) is 5.82 Å². The maximum atomic E-state index is 12.8. The first-order valence-electron chi connectivity index (χ1n) is 3.34. The lowest BCUT2D eigenvalue weighted by Gasteiger charge is -2.04. The Balaban J connectivity index is 3.28. The zero-order chi connectivity index (χ0) is 9.30. The van der Waals surface area contributed by atoms with Crippen LogP contribution < -0.4 is 5.46 Å². The monoisotopic (exact) mass is 188 g/mol. The summed E-state index contributed by atoms with van der Waals surface area (Å²) in [6, 6.07) is 2.66. The molecule has 0 heterocycles. The molecule has 0 aliphatic heterocycles. The fourth-order valence-electron chi connectivity index (χ4n) is 0.939. The summed E-state index contributed by atoms with van der Waals surface area (Å²) in [5.41, 5.74) is 0.592. The van der Waals surface area contributed by atoms with E-state index in [-0.39, 0.29) is 10.5 Å². The molecule has 64 valence electrons. The average molecular weight is 188 g/mol. The molecule has 0 aliphatic rings. The van der Waals surface area contributed by atoms with Gasteiger partial charge in [0.2, 0.25) is 0 Å². The summed E-state index contributed by atoms with van der Waals surface area (Å²) in [4.78, 5) is 0. The van der Waals surface area contributed by atoms with Crippen molar-refractivity contribution in [3.8, 4) is 0 Å². The van der Waals surface area contributed by atoms with Crippen molar-refractivity contribution in [3.05, 3.63) is 28.5 Å². The molecule has 0 unspecified atom stereocenters. The smallest absolute Gasteiger partial charge is 0.423 e. The van der Waals surface area contributed by atoms with E-state index in [1.165, 1.54) is 12.1 Å². The van der Waals surface area contributed by atoms with Gasteiger partial charge in [-0.05, 0) is 18.6 Å². The second kappa shape index (κ2) is 3.43.